The van der Waals surface area contributed by atoms with Crippen LogP contribution in [0.15, 0.2) is 18.3 Å². The third kappa shape index (κ3) is 2.10. The van der Waals surface area contributed by atoms with Crippen molar-refractivity contribution in [2.75, 3.05) is 6.61 Å². The lowest BCUT2D eigenvalue weighted by Crippen LogP contribution is -2.04. The minimum atomic E-state index is -0.224. The lowest BCUT2D eigenvalue weighted by molar-refractivity contribution is 0.0528. The van der Waals surface area contributed by atoms with Crippen molar-refractivity contribution < 1.29 is 9.53 Å². The molecule has 20 heavy (non-hydrogen) atoms. The van der Waals surface area contributed by atoms with Crippen LogP contribution in [0.4, 0.5) is 0 Å². The lowest BCUT2D eigenvalue weighted by Gasteiger charge is -2.04. The van der Waals surface area contributed by atoms with Crippen LogP contribution in [-0.4, -0.2) is 17.1 Å². The van der Waals surface area contributed by atoms with E-state index < -0.39 is 0 Å². The van der Waals surface area contributed by atoms with Gasteiger partial charge in [-0.3, -0.25) is 0 Å². The number of aromatic nitrogens is 1. The fraction of sp³-hybridized carbons (Fsp3) is 0.438. The molecule has 0 bridgehead atoms. The minimum Gasteiger partial charge on any atom is -0.462 e. The van der Waals surface area contributed by atoms with Gasteiger partial charge in [-0.25, -0.2) is 4.79 Å². The molecule has 3 rings (SSSR count). The van der Waals surface area contributed by atoms with Crippen LogP contribution in [0.3, 0.4) is 0 Å². The minimum absolute atomic E-state index is 0.224. The number of rotatable bonds is 4. The van der Waals surface area contributed by atoms with E-state index >= 15 is 0 Å². The van der Waals surface area contributed by atoms with Crippen LogP contribution in [0.5, 0.6) is 0 Å². The van der Waals surface area contributed by atoms with Crippen LogP contribution in [-0.2, 0) is 24.4 Å². The maximum Gasteiger partial charge on any atom is 0.340 e. The number of hydrogen-bond acceptors (Lipinski definition) is 3. The van der Waals surface area contributed by atoms with Crippen molar-refractivity contribution in [2.45, 2.75) is 39.9 Å². The summed E-state index contributed by atoms with van der Waals surface area (Å²) in [6.07, 6.45) is 2.98. The van der Waals surface area contributed by atoms with Gasteiger partial charge in [-0.05, 0) is 36.6 Å². The predicted octanol–water partition coefficient (Wildman–Crippen LogP) is 2.83. The molecule has 0 unspecified atom stereocenters. The van der Waals surface area contributed by atoms with Gasteiger partial charge in [0.25, 0.3) is 0 Å². The van der Waals surface area contributed by atoms with E-state index in [0.29, 0.717) is 12.2 Å². The molecule has 0 fully saturated rings. The van der Waals surface area contributed by atoms with Crippen LogP contribution >= 0.6 is 0 Å². The van der Waals surface area contributed by atoms with Crippen LogP contribution in [0, 0.1) is 0 Å². The third-order valence-electron chi connectivity index (χ3n) is 3.79. The molecule has 2 aromatic rings. The third-order valence-corrected chi connectivity index (χ3v) is 3.79. The van der Waals surface area contributed by atoms with E-state index in [9.17, 15) is 4.79 Å². The zero-order chi connectivity index (χ0) is 14.1. The molecule has 0 spiro atoms. The normalized spacial score (nSPS) is 13.7. The molecule has 0 amide bonds. The van der Waals surface area contributed by atoms with Gasteiger partial charge in [-0.2, -0.15) is 0 Å². The van der Waals surface area contributed by atoms with Gasteiger partial charge in [0, 0.05) is 36.7 Å². The zero-order valence-corrected chi connectivity index (χ0v) is 12.0. The second-order valence-electron chi connectivity index (χ2n) is 5.20. The van der Waals surface area contributed by atoms with Gasteiger partial charge in [-0.1, -0.05) is 6.92 Å². The summed E-state index contributed by atoms with van der Waals surface area (Å²) >= 11 is 0. The molecule has 1 aromatic carbocycles. The Labute approximate surface area is 118 Å². The van der Waals surface area contributed by atoms with E-state index in [1.165, 1.54) is 11.1 Å². The second-order valence-corrected chi connectivity index (χ2v) is 5.20. The predicted molar refractivity (Wildman–Crippen MR) is 78.7 cm³/mol. The fourth-order valence-electron chi connectivity index (χ4n) is 2.88. The van der Waals surface area contributed by atoms with Gasteiger partial charge in [0.15, 0.2) is 0 Å². The molecule has 0 radical (unpaired) electrons. The van der Waals surface area contributed by atoms with Crippen molar-refractivity contribution in [3.63, 3.8) is 0 Å². The molecule has 106 valence electrons. The van der Waals surface area contributed by atoms with Crippen molar-refractivity contribution in [3.05, 3.63) is 35.0 Å². The van der Waals surface area contributed by atoms with Gasteiger partial charge in [0.05, 0.1) is 12.2 Å². The molecule has 4 nitrogen and oxygen atoms in total. The summed E-state index contributed by atoms with van der Waals surface area (Å²) in [4.78, 5) is 12.1. The SMILES string of the molecule is CCCn1cc(C(=O)OCC)c2cc3c(cc21)CNC3. The number of ether oxygens (including phenoxy) is 1. The number of nitrogens with zero attached hydrogens (tertiary/aromatic N) is 1. The number of nitrogens with one attached hydrogen (secondary N) is 1. The highest BCUT2D eigenvalue weighted by molar-refractivity contribution is 6.04. The number of hydrogen-bond donors (Lipinski definition) is 1. The van der Waals surface area contributed by atoms with Gasteiger partial charge in [-0.15, -0.1) is 0 Å². The number of carbonyl (C=O) groups excluding carboxylic acids is 1. The highest BCUT2D eigenvalue weighted by Gasteiger charge is 2.19. The van der Waals surface area contributed by atoms with E-state index in [-0.39, 0.29) is 5.97 Å². The van der Waals surface area contributed by atoms with Gasteiger partial charge >= 0.3 is 5.97 Å². The first-order valence-corrected chi connectivity index (χ1v) is 7.27. The Hall–Kier alpha value is -1.81. The van der Waals surface area contributed by atoms with Crippen LogP contribution in [0.2, 0.25) is 0 Å². The Morgan fingerprint density at radius 1 is 1.30 bits per heavy atom. The zero-order valence-electron chi connectivity index (χ0n) is 12.0. The molecule has 0 atom stereocenters. The second kappa shape index (κ2) is 5.29. The monoisotopic (exact) mass is 272 g/mol. The van der Waals surface area contributed by atoms with Gasteiger partial charge in [0.2, 0.25) is 0 Å². The Morgan fingerprint density at radius 2 is 2.05 bits per heavy atom. The van der Waals surface area contributed by atoms with Crippen molar-refractivity contribution >= 4 is 16.9 Å². The smallest absolute Gasteiger partial charge is 0.340 e. The number of esters is 1. The maximum absolute atomic E-state index is 12.1. The Kier molecular flexibility index (Phi) is 3.49. The van der Waals surface area contributed by atoms with E-state index in [1.807, 2.05) is 13.1 Å². The van der Waals surface area contributed by atoms with Crippen LogP contribution in [0.25, 0.3) is 10.9 Å². The van der Waals surface area contributed by atoms with E-state index in [0.717, 1.165) is 37.0 Å². The lowest BCUT2D eigenvalue weighted by atomic mass is 10.1. The molecule has 1 aromatic heterocycles. The highest BCUT2D eigenvalue weighted by Crippen LogP contribution is 2.28. The molecular weight excluding hydrogens is 252 g/mol. The first kappa shape index (κ1) is 13.2. The van der Waals surface area contributed by atoms with Crippen molar-refractivity contribution in [1.82, 2.24) is 9.88 Å². The van der Waals surface area contributed by atoms with Crippen LogP contribution in [0.1, 0.15) is 41.8 Å². The molecule has 0 aliphatic carbocycles. The molecule has 2 heterocycles. The number of fused-ring (bicyclic) bond motifs is 2. The standard InChI is InChI=1S/C16H20N2O2/c1-3-5-18-10-14(16(19)20-4-2)13-6-11-8-17-9-12(11)7-15(13)18/h6-7,10,17H,3-5,8-9H2,1-2H3. The Balaban J connectivity index is 2.17. The highest BCUT2D eigenvalue weighted by atomic mass is 16.5. The van der Waals surface area contributed by atoms with Crippen molar-refractivity contribution in [3.8, 4) is 0 Å². The molecule has 0 saturated carbocycles. The summed E-state index contributed by atoms with van der Waals surface area (Å²) in [5.74, 6) is -0.224. The van der Waals surface area contributed by atoms with Crippen molar-refractivity contribution in [1.29, 1.82) is 0 Å². The topological polar surface area (TPSA) is 43.3 Å². The molecule has 1 aliphatic heterocycles. The number of aryl methyl sites for hydroxylation is 1. The first-order chi connectivity index (χ1) is 9.74. The molecule has 1 N–H and O–H groups in total. The molecular formula is C16H20N2O2. The maximum atomic E-state index is 12.1. The molecule has 0 saturated heterocycles. The summed E-state index contributed by atoms with van der Waals surface area (Å²) in [5.41, 5.74) is 4.45. The van der Waals surface area contributed by atoms with E-state index in [2.05, 4.69) is 28.9 Å². The summed E-state index contributed by atoms with van der Waals surface area (Å²) in [5, 5.41) is 4.37. The first-order valence-electron chi connectivity index (χ1n) is 7.27. The molecule has 1 aliphatic rings. The summed E-state index contributed by atoms with van der Waals surface area (Å²) in [6, 6.07) is 4.35. The van der Waals surface area contributed by atoms with Gasteiger partial charge < -0.3 is 14.6 Å². The van der Waals surface area contributed by atoms with E-state index in [4.69, 9.17) is 4.74 Å². The van der Waals surface area contributed by atoms with Crippen molar-refractivity contribution in [2.24, 2.45) is 0 Å². The van der Waals surface area contributed by atoms with Crippen LogP contribution < -0.4 is 5.32 Å². The summed E-state index contributed by atoms with van der Waals surface area (Å²) < 4.78 is 7.35. The Bertz CT molecular complexity index is 658. The summed E-state index contributed by atoms with van der Waals surface area (Å²) in [6.45, 7) is 7.10. The Morgan fingerprint density at radius 3 is 2.75 bits per heavy atom. The summed E-state index contributed by atoms with van der Waals surface area (Å²) in [7, 11) is 0. The van der Waals surface area contributed by atoms with E-state index in [1.54, 1.807) is 0 Å². The molecule has 4 heteroatoms. The fourth-order valence-corrected chi connectivity index (χ4v) is 2.88. The average Bonchev–Trinajstić information content (AvgIpc) is 3.02. The number of carbonyl (C=O) groups is 1. The largest absolute Gasteiger partial charge is 0.462 e. The quantitative estimate of drug-likeness (QED) is 0.870. The van der Waals surface area contributed by atoms with Gasteiger partial charge in [0.1, 0.15) is 0 Å². The average molecular weight is 272 g/mol. The number of benzene rings is 1.